The fourth-order valence-electron chi connectivity index (χ4n) is 3.78. The van der Waals surface area contributed by atoms with Crippen molar-refractivity contribution in [3.8, 4) is 0 Å². The maximum absolute atomic E-state index is 12.5. The Hall–Kier alpha value is -1.57. The normalized spacial score (nSPS) is 24.3. The Morgan fingerprint density at radius 1 is 1.22 bits per heavy atom. The van der Waals surface area contributed by atoms with Gasteiger partial charge < -0.3 is 4.90 Å². The highest BCUT2D eigenvalue weighted by Crippen LogP contribution is 2.36. The number of piperidine rings is 1. The van der Waals surface area contributed by atoms with Crippen LogP contribution in [0.4, 0.5) is 13.2 Å². The largest absolute Gasteiger partial charge is 0.471 e. The monoisotopic (exact) mass is 330 g/mol. The first-order valence-corrected chi connectivity index (χ1v) is 7.96. The van der Waals surface area contributed by atoms with Crippen LogP contribution in [0.1, 0.15) is 37.3 Å². The summed E-state index contributed by atoms with van der Waals surface area (Å²) in [7, 11) is 1.88. The van der Waals surface area contributed by atoms with Gasteiger partial charge in [0.2, 0.25) is 0 Å². The summed E-state index contributed by atoms with van der Waals surface area (Å²) in [4.78, 5) is 14.6. The summed E-state index contributed by atoms with van der Waals surface area (Å²) in [5.41, 5.74) is 1.17. The zero-order chi connectivity index (χ0) is 16.6. The topological polar surface area (TPSA) is 41.4 Å². The van der Waals surface area contributed by atoms with E-state index in [2.05, 4.69) is 10.00 Å². The first-order valence-electron chi connectivity index (χ1n) is 7.96. The Balaban J connectivity index is 1.62. The highest BCUT2D eigenvalue weighted by Gasteiger charge is 2.44. The first-order chi connectivity index (χ1) is 10.9. The van der Waals surface area contributed by atoms with Crippen LogP contribution < -0.4 is 0 Å². The van der Waals surface area contributed by atoms with E-state index in [0.29, 0.717) is 18.9 Å². The van der Waals surface area contributed by atoms with Gasteiger partial charge in [-0.1, -0.05) is 0 Å². The number of aromatic nitrogens is 2. The molecule has 0 radical (unpaired) electrons. The smallest absolute Gasteiger partial charge is 0.335 e. The predicted molar refractivity (Wildman–Crippen MR) is 77.5 cm³/mol. The Bertz CT molecular complexity index is 563. The SMILES string of the molecule is Cn1cc(C2CCCN2C2CCN(C(=O)C(F)(F)F)CC2)cn1. The van der Waals surface area contributed by atoms with E-state index in [9.17, 15) is 18.0 Å². The molecule has 0 N–H and O–H groups in total. The van der Waals surface area contributed by atoms with Gasteiger partial charge >= 0.3 is 12.1 Å². The van der Waals surface area contributed by atoms with Gasteiger partial charge in [0.25, 0.3) is 0 Å². The van der Waals surface area contributed by atoms with Crippen LogP contribution in [-0.2, 0) is 11.8 Å². The van der Waals surface area contributed by atoms with Crippen molar-refractivity contribution < 1.29 is 18.0 Å². The fraction of sp³-hybridized carbons (Fsp3) is 0.733. The number of likely N-dealkylation sites (tertiary alicyclic amines) is 2. The van der Waals surface area contributed by atoms with Crippen LogP contribution >= 0.6 is 0 Å². The van der Waals surface area contributed by atoms with Crippen molar-refractivity contribution in [1.82, 2.24) is 19.6 Å². The van der Waals surface area contributed by atoms with Gasteiger partial charge in [0.05, 0.1) is 6.20 Å². The van der Waals surface area contributed by atoms with Crippen molar-refractivity contribution >= 4 is 5.91 Å². The summed E-state index contributed by atoms with van der Waals surface area (Å²) >= 11 is 0. The van der Waals surface area contributed by atoms with Gasteiger partial charge in [-0.3, -0.25) is 14.4 Å². The third-order valence-corrected chi connectivity index (χ3v) is 4.87. The minimum absolute atomic E-state index is 0.180. The van der Waals surface area contributed by atoms with Crippen LogP contribution in [0, 0.1) is 0 Å². The van der Waals surface area contributed by atoms with Crippen molar-refractivity contribution in [2.45, 2.75) is 43.9 Å². The third kappa shape index (κ3) is 3.36. The quantitative estimate of drug-likeness (QED) is 0.834. The number of aryl methyl sites for hydroxylation is 1. The van der Waals surface area contributed by atoms with E-state index >= 15 is 0 Å². The molecule has 1 atom stereocenters. The van der Waals surface area contributed by atoms with E-state index in [4.69, 9.17) is 0 Å². The van der Waals surface area contributed by atoms with Crippen LogP contribution in [0.3, 0.4) is 0 Å². The Morgan fingerprint density at radius 3 is 2.48 bits per heavy atom. The first kappa shape index (κ1) is 16.3. The predicted octanol–water partition coefficient (Wildman–Crippen LogP) is 2.11. The van der Waals surface area contributed by atoms with Crippen molar-refractivity contribution in [3.63, 3.8) is 0 Å². The van der Waals surface area contributed by atoms with E-state index in [1.807, 2.05) is 19.4 Å². The lowest BCUT2D eigenvalue weighted by molar-refractivity contribution is -0.186. The Kier molecular flexibility index (Phi) is 4.35. The molecule has 1 aromatic heterocycles. The molecule has 1 aromatic rings. The summed E-state index contributed by atoms with van der Waals surface area (Å²) in [5, 5.41) is 4.22. The lowest BCUT2D eigenvalue weighted by atomic mass is 10.00. The van der Waals surface area contributed by atoms with Gasteiger partial charge in [0.1, 0.15) is 0 Å². The molecule has 2 fully saturated rings. The van der Waals surface area contributed by atoms with E-state index in [0.717, 1.165) is 24.3 Å². The second kappa shape index (κ2) is 6.14. The lowest BCUT2D eigenvalue weighted by Gasteiger charge is -2.39. The second-order valence-electron chi connectivity index (χ2n) is 6.36. The summed E-state index contributed by atoms with van der Waals surface area (Å²) in [6.07, 6.45) is 2.43. The summed E-state index contributed by atoms with van der Waals surface area (Å²) in [6, 6.07) is 0.526. The van der Waals surface area contributed by atoms with Crippen molar-refractivity contribution in [2.75, 3.05) is 19.6 Å². The molecule has 0 spiro atoms. The van der Waals surface area contributed by atoms with Crippen LogP contribution in [0.5, 0.6) is 0 Å². The minimum Gasteiger partial charge on any atom is -0.335 e. The zero-order valence-corrected chi connectivity index (χ0v) is 13.1. The number of hydrogen-bond donors (Lipinski definition) is 0. The molecule has 3 rings (SSSR count). The maximum atomic E-state index is 12.5. The van der Waals surface area contributed by atoms with E-state index in [-0.39, 0.29) is 19.1 Å². The number of rotatable bonds is 2. The minimum atomic E-state index is -4.77. The number of hydrogen-bond acceptors (Lipinski definition) is 3. The third-order valence-electron chi connectivity index (χ3n) is 4.87. The molecule has 2 aliphatic heterocycles. The average Bonchev–Trinajstić information content (AvgIpc) is 3.14. The van der Waals surface area contributed by atoms with Crippen molar-refractivity contribution in [2.24, 2.45) is 7.05 Å². The molecule has 1 amide bonds. The number of amides is 1. The standard InChI is InChI=1S/C15H21F3N4O/c1-20-10-11(9-19-20)13-3-2-6-22(13)12-4-7-21(8-5-12)14(23)15(16,17)18/h9-10,12-13H,2-8H2,1H3. The maximum Gasteiger partial charge on any atom is 0.471 e. The van der Waals surface area contributed by atoms with E-state index in [1.165, 1.54) is 5.56 Å². The van der Waals surface area contributed by atoms with Gasteiger partial charge in [0.15, 0.2) is 0 Å². The number of alkyl halides is 3. The van der Waals surface area contributed by atoms with Crippen molar-refractivity contribution in [1.29, 1.82) is 0 Å². The van der Waals surface area contributed by atoms with Crippen molar-refractivity contribution in [3.05, 3.63) is 18.0 Å². The van der Waals surface area contributed by atoms with Gasteiger partial charge in [-0.15, -0.1) is 0 Å². The van der Waals surface area contributed by atoms with Gasteiger partial charge in [-0.25, -0.2) is 0 Å². The van der Waals surface area contributed by atoms with Crippen LogP contribution in [0.2, 0.25) is 0 Å². The van der Waals surface area contributed by atoms with E-state index < -0.39 is 12.1 Å². The number of halogens is 3. The number of nitrogens with zero attached hydrogens (tertiary/aromatic N) is 4. The molecule has 0 aliphatic carbocycles. The highest BCUT2D eigenvalue weighted by molar-refractivity contribution is 5.81. The highest BCUT2D eigenvalue weighted by atomic mass is 19.4. The van der Waals surface area contributed by atoms with Gasteiger partial charge in [0, 0.05) is 44.0 Å². The second-order valence-corrected chi connectivity index (χ2v) is 6.36. The molecular weight excluding hydrogens is 309 g/mol. The molecule has 0 saturated carbocycles. The van der Waals surface area contributed by atoms with E-state index in [1.54, 1.807) is 4.68 Å². The molecule has 8 heteroatoms. The summed E-state index contributed by atoms with van der Waals surface area (Å²) in [6.45, 7) is 1.32. The van der Waals surface area contributed by atoms with Gasteiger partial charge in [-0.05, 0) is 32.2 Å². The average molecular weight is 330 g/mol. The molecule has 3 heterocycles. The lowest BCUT2D eigenvalue weighted by Crippen LogP contribution is -2.49. The fourth-order valence-corrected chi connectivity index (χ4v) is 3.78. The van der Waals surface area contributed by atoms with Crippen LogP contribution in [-0.4, -0.2) is 57.3 Å². The molecule has 23 heavy (non-hydrogen) atoms. The van der Waals surface area contributed by atoms with Crippen LogP contribution in [0.15, 0.2) is 12.4 Å². The molecule has 5 nitrogen and oxygen atoms in total. The summed E-state index contributed by atoms with van der Waals surface area (Å²) in [5.74, 6) is -1.71. The Labute approximate surface area is 133 Å². The molecule has 2 saturated heterocycles. The number of carbonyl (C=O) groups excluding carboxylic acids is 1. The summed E-state index contributed by atoms with van der Waals surface area (Å²) < 4.78 is 39.3. The molecule has 2 aliphatic rings. The zero-order valence-electron chi connectivity index (χ0n) is 13.1. The Morgan fingerprint density at radius 2 is 1.91 bits per heavy atom. The molecule has 1 unspecified atom stereocenters. The van der Waals surface area contributed by atoms with Gasteiger partial charge in [-0.2, -0.15) is 18.3 Å². The molecular formula is C15H21F3N4O. The molecule has 0 aromatic carbocycles. The van der Waals surface area contributed by atoms with Crippen LogP contribution in [0.25, 0.3) is 0 Å². The number of carbonyl (C=O) groups is 1. The molecule has 128 valence electrons. The molecule has 0 bridgehead atoms.